The van der Waals surface area contributed by atoms with Crippen molar-refractivity contribution in [3.8, 4) is 0 Å². The van der Waals surface area contributed by atoms with Crippen LogP contribution in [0.5, 0.6) is 0 Å². The predicted molar refractivity (Wildman–Crippen MR) is 115 cm³/mol. The van der Waals surface area contributed by atoms with Crippen molar-refractivity contribution in [2.45, 2.75) is 18.7 Å². The molecule has 0 bridgehead atoms. The summed E-state index contributed by atoms with van der Waals surface area (Å²) in [4.78, 5) is 18.1. The van der Waals surface area contributed by atoms with Crippen LogP contribution in [0.25, 0.3) is 38.2 Å². The van der Waals surface area contributed by atoms with Crippen LogP contribution >= 0.6 is 0 Å². The Morgan fingerprint density at radius 2 is 1.72 bits per heavy atom. The molecule has 7 heteroatoms. The van der Waals surface area contributed by atoms with Crippen LogP contribution in [0.4, 0.5) is 0 Å². The summed E-state index contributed by atoms with van der Waals surface area (Å²) in [5, 5.41) is 2.69. The van der Waals surface area contributed by atoms with Crippen LogP contribution in [-0.2, 0) is 10.0 Å². The van der Waals surface area contributed by atoms with E-state index in [9.17, 15) is 13.2 Å². The Morgan fingerprint density at radius 1 is 0.966 bits per heavy atom. The zero-order valence-corrected chi connectivity index (χ0v) is 16.9. The van der Waals surface area contributed by atoms with Gasteiger partial charge < -0.3 is 0 Å². The molecule has 0 aliphatic carbocycles. The van der Waals surface area contributed by atoms with Crippen molar-refractivity contribution in [1.29, 1.82) is 0 Å². The van der Waals surface area contributed by atoms with Crippen molar-refractivity contribution in [1.82, 2.24) is 13.7 Å². The smallest absolute Gasteiger partial charge is 0.264 e. The van der Waals surface area contributed by atoms with E-state index in [-0.39, 0.29) is 10.5 Å². The van der Waals surface area contributed by atoms with Crippen molar-refractivity contribution in [3.63, 3.8) is 0 Å². The molecule has 5 aromatic rings. The molecule has 0 saturated carbocycles. The number of hydrogen-bond donors (Lipinski definition) is 0. The first-order chi connectivity index (χ1) is 14.0. The molecule has 0 N–H and O–H groups in total. The Balaban J connectivity index is 2.01. The van der Waals surface area contributed by atoms with Crippen LogP contribution in [0.15, 0.2) is 64.3 Å². The first-order valence-corrected chi connectivity index (χ1v) is 11.0. The molecule has 0 unspecified atom stereocenters. The molecule has 0 saturated heterocycles. The highest BCUT2D eigenvalue weighted by Crippen LogP contribution is 2.32. The van der Waals surface area contributed by atoms with Gasteiger partial charge in [0.05, 0.1) is 15.9 Å². The maximum Gasteiger partial charge on any atom is 0.264 e. The van der Waals surface area contributed by atoms with E-state index >= 15 is 0 Å². The average molecular weight is 405 g/mol. The van der Waals surface area contributed by atoms with Crippen LogP contribution < -0.4 is 5.56 Å². The molecule has 2 heterocycles. The largest absolute Gasteiger partial charge is 0.268 e. The zero-order chi connectivity index (χ0) is 20.3. The van der Waals surface area contributed by atoms with Gasteiger partial charge in [-0.05, 0) is 35.7 Å². The number of hydrogen-bond acceptors (Lipinski definition) is 4. The van der Waals surface area contributed by atoms with Crippen LogP contribution in [-0.4, -0.2) is 35.2 Å². The molecule has 0 aliphatic rings. The van der Waals surface area contributed by atoms with Gasteiger partial charge in [0.25, 0.3) is 5.56 Å². The lowest BCUT2D eigenvalue weighted by Gasteiger charge is -2.19. The Morgan fingerprint density at radius 3 is 2.48 bits per heavy atom. The molecule has 2 aromatic heterocycles. The standard InChI is InChI=1S/C22H19N3O3S/c1-3-24(4-2)29(27,28)15-12-14-8-7-9-16-20(14)17(13-15)21-23-18-10-5-6-11-19(18)25(21)22(16)26/h5-13H,3-4H2,1-2H3. The van der Waals surface area contributed by atoms with E-state index in [1.54, 1.807) is 28.7 Å². The molecule has 29 heavy (non-hydrogen) atoms. The molecule has 5 rings (SSSR count). The second kappa shape index (κ2) is 6.23. The molecule has 6 nitrogen and oxygen atoms in total. The molecule has 0 amide bonds. The monoisotopic (exact) mass is 405 g/mol. The second-order valence-electron chi connectivity index (χ2n) is 7.03. The molecular formula is C22H19N3O3S. The van der Waals surface area contributed by atoms with Gasteiger partial charge in [0, 0.05) is 29.2 Å². The molecule has 0 radical (unpaired) electrons. The Labute approximate surface area is 167 Å². The van der Waals surface area contributed by atoms with Crippen molar-refractivity contribution in [3.05, 3.63) is 65.0 Å². The zero-order valence-electron chi connectivity index (χ0n) is 16.1. The van der Waals surface area contributed by atoms with Crippen LogP contribution in [0.2, 0.25) is 0 Å². The van der Waals surface area contributed by atoms with Gasteiger partial charge in [-0.15, -0.1) is 0 Å². The highest BCUT2D eigenvalue weighted by atomic mass is 32.2. The molecular weight excluding hydrogens is 386 g/mol. The molecule has 0 atom stereocenters. The van der Waals surface area contributed by atoms with Crippen molar-refractivity contribution >= 4 is 48.2 Å². The minimum Gasteiger partial charge on any atom is -0.268 e. The fourth-order valence-corrected chi connectivity index (χ4v) is 5.67. The number of nitrogens with zero attached hydrogens (tertiary/aromatic N) is 3. The summed E-state index contributed by atoms with van der Waals surface area (Å²) in [5.41, 5.74) is 1.75. The minimum atomic E-state index is -3.65. The van der Waals surface area contributed by atoms with Crippen LogP contribution in [0, 0.1) is 0 Å². The first kappa shape index (κ1) is 18.0. The van der Waals surface area contributed by atoms with Gasteiger partial charge in [-0.3, -0.25) is 9.20 Å². The molecule has 3 aromatic carbocycles. The summed E-state index contributed by atoms with van der Waals surface area (Å²) in [6.45, 7) is 4.43. The van der Waals surface area contributed by atoms with E-state index in [1.807, 2.05) is 44.2 Å². The molecule has 0 aliphatic heterocycles. The van der Waals surface area contributed by atoms with Crippen molar-refractivity contribution in [2.24, 2.45) is 0 Å². The number of imidazole rings is 1. The van der Waals surface area contributed by atoms with Gasteiger partial charge in [0.1, 0.15) is 5.65 Å². The first-order valence-electron chi connectivity index (χ1n) is 9.56. The lowest BCUT2D eigenvalue weighted by molar-refractivity contribution is 0.445. The SMILES string of the molecule is CCN(CC)S(=O)(=O)c1cc2cccc3c(=O)n4c5ccccc5nc4c(c1)c23. The summed E-state index contributed by atoms with van der Waals surface area (Å²) in [5.74, 6) is 0. The van der Waals surface area contributed by atoms with E-state index in [0.29, 0.717) is 40.5 Å². The van der Waals surface area contributed by atoms with Crippen molar-refractivity contribution < 1.29 is 8.42 Å². The third-order valence-electron chi connectivity index (χ3n) is 5.53. The summed E-state index contributed by atoms with van der Waals surface area (Å²) in [7, 11) is -3.65. The number of rotatable bonds is 4. The number of fused-ring (bicyclic) bond motifs is 4. The van der Waals surface area contributed by atoms with Gasteiger partial charge in [0.15, 0.2) is 0 Å². The highest BCUT2D eigenvalue weighted by molar-refractivity contribution is 7.89. The fraction of sp³-hybridized carbons (Fsp3) is 0.182. The maximum atomic E-state index is 13.2. The lowest BCUT2D eigenvalue weighted by Crippen LogP contribution is -2.30. The minimum absolute atomic E-state index is 0.147. The number of pyridine rings is 1. The van der Waals surface area contributed by atoms with Gasteiger partial charge in [0.2, 0.25) is 10.0 Å². The third-order valence-corrected chi connectivity index (χ3v) is 7.56. The van der Waals surface area contributed by atoms with E-state index in [2.05, 4.69) is 4.98 Å². The average Bonchev–Trinajstić information content (AvgIpc) is 3.12. The summed E-state index contributed by atoms with van der Waals surface area (Å²) < 4.78 is 29.4. The van der Waals surface area contributed by atoms with Crippen molar-refractivity contribution in [2.75, 3.05) is 13.1 Å². The Hall–Kier alpha value is -3.03. The number of benzene rings is 3. The summed E-state index contributed by atoms with van der Waals surface area (Å²) in [6.07, 6.45) is 0. The fourth-order valence-electron chi connectivity index (χ4n) is 4.15. The predicted octanol–water partition coefficient (Wildman–Crippen LogP) is 3.62. The molecule has 146 valence electrons. The Bertz CT molecular complexity index is 1570. The Kier molecular flexibility index (Phi) is 3.88. The van der Waals surface area contributed by atoms with Crippen LogP contribution in [0.3, 0.4) is 0 Å². The van der Waals surface area contributed by atoms with Gasteiger partial charge in [-0.1, -0.05) is 38.1 Å². The number of aromatic nitrogens is 2. The second-order valence-corrected chi connectivity index (χ2v) is 8.97. The van der Waals surface area contributed by atoms with Gasteiger partial charge >= 0.3 is 0 Å². The van der Waals surface area contributed by atoms with Gasteiger partial charge in [-0.2, -0.15) is 4.31 Å². The quantitative estimate of drug-likeness (QED) is 0.458. The third kappa shape index (κ3) is 2.41. The number of para-hydroxylation sites is 2. The summed E-state index contributed by atoms with van der Waals surface area (Å²) in [6, 6.07) is 16.2. The highest BCUT2D eigenvalue weighted by Gasteiger charge is 2.24. The van der Waals surface area contributed by atoms with E-state index in [0.717, 1.165) is 10.8 Å². The normalized spacial score (nSPS) is 12.8. The summed E-state index contributed by atoms with van der Waals surface area (Å²) >= 11 is 0. The van der Waals surface area contributed by atoms with Gasteiger partial charge in [-0.25, -0.2) is 13.4 Å². The van der Waals surface area contributed by atoms with E-state index in [1.165, 1.54) is 4.31 Å². The number of sulfonamides is 1. The topological polar surface area (TPSA) is 71.8 Å². The lowest BCUT2D eigenvalue weighted by atomic mass is 10.0. The molecule has 0 fully saturated rings. The van der Waals surface area contributed by atoms with Crippen LogP contribution in [0.1, 0.15) is 13.8 Å². The van der Waals surface area contributed by atoms with E-state index < -0.39 is 10.0 Å². The van der Waals surface area contributed by atoms with E-state index in [4.69, 9.17) is 0 Å². The maximum absolute atomic E-state index is 13.2. The molecule has 0 spiro atoms.